The third-order valence-electron chi connectivity index (χ3n) is 4.17. The molecule has 1 aromatic heterocycles. The molecule has 0 fully saturated rings. The van der Waals surface area contributed by atoms with Gasteiger partial charge in [0.2, 0.25) is 0 Å². The van der Waals surface area contributed by atoms with Crippen LogP contribution in [0.15, 0.2) is 29.3 Å². The number of sulfonamides is 1. The van der Waals surface area contributed by atoms with E-state index in [1.807, 2.05) is 0 Å². The summed E-state index contributed by atoms with van der Waals surface area (Å²) < 4.78 is 38.2. The number of H-pyrrole nitrogens is 1. The van der Waals surface area contributed by atoms with Crippen LogP contribution in [0.2, 0.25) is 5.02 Å². The number of benzene rings is 1. The zero-order valence-corrected chi connectivity index (χ0v) is 16.2. The lowest BCUT2D eigenvalue weighted by Gasteiger charge is -2.30. The van der Waals surface area contributed by atoms with Crippen molar-refractivity contribution in [2.75, 3.05) is 13.2 Å². The van der Waals surface area contributed by atoms with Gasteiger partial charge in [0.15, 0.2) is 0 Å². The molecule has 0 saturated carbocycles. The molecular formula is C17H19ClN2O6S. The summed E-state index contributed by atoms with van der Waals surface area (Å²) in [6, 6.07) is 5.05. The Bertz CT molecular complexity index is 972. The van der Waals surface area contributed by atoms with E-state index in [2.05, 4.69) is 9.71 Å². The van der Waals surface area contributed by atoms with E-state index in [0.29, 0.717) is 22.0 Å². The fourth-order valence-electron chi connectivity index (χ4n) is 2.82. The molecular weight excluding hydrogens is 396 g/mol. The molecule has 1 aromatic carbocycles. The Morgan fingerprint density at radius 1 is 1.44 bits per heavy atom. The third kappa shape index (κ3) is 3.96. The quantitative estimate of drug-likeness (QED) is 0.643. The molecule has 2 heterocycles. The molecule has 2 atom stereocenters. The average molecular weight is 415 g/mol. The van der Waals surface area contributed by atoms with E-state index >= 15 is 0 Å². The smallest absolute Gasteiger partial charge is 0.339 e. The minimum atomic E-state index is -4.04. The number of hydrogen-bond donors (Lipinski definition) is 3. The number of hydrogen-bond acceptors (Lipinski definition) is 6. The lowest BCUT2D eigenvalue weighted by Crippen LogP contribution is -2.45. The Balaban J connectivity index is 1.83. The molecule has 8 nitrogen and oxygen atoms in total. The molecule has 1 aliphatic heterocycles. The Morgan fingerprint density at radius 2 is 2.19 bits per heavy atom. The number of carbonyl (C=O) groups is 1. The van der Waals surface area contributed by atoms with Crippen LogP contribution in [0.5, 0.6) is 5.75 Å². The second kappa shape index (κ2) is 7.51. The van der Waals surface area contributed by atoms with Crippen molar-refractivity contribution >= 4 is 27.6 Å². The van der Waals surface area contributed by atoms with Crippen LogP contribution >= 0.6 is 11.6 Å². The maximum Gasteiger partial charge on any atom is 0.339 e. The first-order valence-electron chi connectivity index (χ1n) is 8.22. The second-order valence-corrected chi connectivity index (χ2v) is 8.18. The van der Waals surface area contributed by atoms with Gasteiger partial charge in [-0.2, -0.15) is 0 Å². The molecule has 27 heavy (non-hydrogen) atoms. The molecule has 2 unspecified atom stereocenters. The van der Waals surface area contributed by atoms with Crippen molar-refractivity contribution in [1.29, 1.82) is 0 Å². The molecule has 3 N–H and O–H groups in total. The molecule has 1 aliphatic rings. The third-order valence-corrected chi connectivity index (χ3v) is 5.82. The predicted molar refractivity (Wildman–Crippen MR) is 97.5 cm³/mol. The number of aromatic nitrogens is 1. The van der Waals surface area contributed by atoms with Gasteiger partial charge in [0.25, 0.3) is 10.0 Å². The summed E-state index contributed by atoms with van der Waals surface area (Å²) in [6.07, 6.45) is -1.14. The molecule has 0 aliphatic carbocycles. The summed E-state index contributed by atoms with van der Waals surface area (Å²) in [5.41, 5.74) is 0.900. The zero-order chi connectivity index (χ0) is 19.8. The van der Waals surface area contributed by atoms with Gasteiger partial charge in [0.05, 0.1) is 18.2 Å². The van der Waals surface area contributed by atoms with E-state index in [4.69, 9.17) is 21.1 Å². The van der Waals surface area contributed by atoms with Crippen LogP contribution < -0.4 is 9.46 Å². The highest BCUT2D eigenvalue weighted by Gasteiger charge is 2.34. The van der Waals surface area contributed by atoms with Gasteiger partial charge >= 0.3 is 5.97 Å². The largest absolute Gasteiger partial charge is 0.491 e. The van der Waals surface area contributed by atoms with Crippen molar-refractivity contribution < 1.29 is 27.8 Å². The van der Waals surface area contributed by atoms with Crippen LogP contribution in [0.1, 0.15) is 34.6 Å². The van der Waals surface area contributed by atoms with Crippen LogP contribution in [-0.4, -0.2) is 43.7 Å². The lowest BCUT2D eigenvalue weighted by atomic mass is 10.00. The summed E-state index contributed by atoms with van der Waals surface area (Å²) in [7, 11) is -4.04. The van der Waals surface area contributed by atoms with Gasteiger partial charge in [-0.1, -0.05) is 11.6 Å². The first kappa shape index (κ1) is 19.7. The van der Waals surface area contributed by atoms with E-state index in [-0.39, 0.29) is 23.8 Å². The van der Waals surface area contributed by atoms with E-state index in [1.54, 1.807) is 26.0 Å². The van der Waals surface area contributed by atoms with Crippen LogP contribution in [0.3, 0.4) is 0 Å². The van der Waals surface area contributed by atoms with Crippen molar-refractivity contribution in [1.82, 2.24) is 9.71 Å². The number of halogens is 1. The van der Waals surface area contributed by atoms with Crippen LogP contribution in [0, 0.1) is 6.92 Å². The number of nitrogens with one attached hydrogen (secondary N) is 2. The van der Waals surface area contributed by atoms with Gasteiger partial charge < -0.3 is 19.6 Å². The molecule has 3 rings (SSSR count). The minimum absolute atomic E-state index is 0.0561. The summed E-state index contributed by atoms with van der Waals surface area (Å²) in [4.78, 5) is 14.5. The minimum Gasteiger partial charge on any atom is -0.491 e. The number of fused-ring (bicyclic) bond motifs is 1. The number of aryl methyl sites for hydroxylation is 1. The molecule has 0 radical (unpaired) electrons. The fourth-order valence-corrected chi connectivity index (χ4v) is 4.29. The highest BCUT2D eigenvalue weighted by atomic mass is 35.5. The highest BCUT2D eigenvalue weighted by Crippen LogP contribution is 2.34. The Labute approximate surface area is 161 Å². The highest BCUT2D eigenvalue weighted by molar-refractivity contribution is 7.89. The summed E-state index contributed by atoms with van der Waals surface area (Å²) in [5, 5.41) is 10.7. The zero-order valence-electron chi connectivity index (χ0n) is 14.7. The van der Waals surface area contributed by atoms with E-state index < -0.39 is 28.1 Å². The Morgan fingerprint density at radius 3 is 2.89 bits per heavy atom. The molecule has 0 bridgehead atoms. The van der Waals surface area contributed by atoms with Crippen LogP contribution in [-0.2, 0) is 14.8 Å². The molecule has 0 amide bonds. The molecule has 146 valence electrons. The average Bonchev–Trinajstić information content (AvgIpc) is 3.01. The summed E-state index contributed by atoms with van der Waals surface area (Å²) in [5.74, 6) is -0.167. The maximum absolute atomic E-state index is 12.7. The van der Waals surface area contributed by atoms with Gasteiger partial charge in [-0.3, -0.25) is 0 Å². The van der Waals surface area contributed by atoms with Crippen molar-refractivity contribution in [3.63, 3.8) is 0 Å². The Hall–Kier alpha value is -2.07. The summed E-state index contributed by atoms with van der Waals surface area (Å²) >= 11 is 5.94. The van der Waals surface area contributed by atoms with Gasteiger partial charge in [-0.25, -0.2) is 17.9 Å². The number of aromatic amines is 1. The van der Waals surface area contributed by atoms with Gasteiger partial charge in [-0.05, 0) is 38.1 Å². The number of carbonyl (C=O) groups excluding carboxylic acids is 1. The van der Waals surface area contributed by atoms with E-state index in [0.717, 1.165) is 0 Å². The van der Waals surface area contributed by atoms with Gasteiger partial charge in [0.1, 0.15) is 23.5 Å². The molecule has 10 heteroatoms. The number of rotatable bonds is 5. The monoisotopic (exact) mass is 414 g/mol. The summed E-state index contributed by atoms with van der Waals surface area (Å²) in [6.45, 7) is 3.35. The predicted octanol–water partition coefficient (Wildman–Crippen LogP) is 1.93. The van der Waals surface area contributed by atoms with Gasteiger partial charge in [0, 0.05) is 16.3 Å². The Kier molecular flexibility index (Phi) is 5.48. The molecule has 0 saturated heterocycles. The number of aliphatic hydroxyl groups excluding tert-OH is 1. The van der Waals surface area contributed by atoms with Crippen LogP contribution in [0.25, 0.3) is 0 Å². The fraction of sp³-hybridized carbons (Fsp3) is 0.353. The van der Waals surface area contributed by atoms with E-state index in [1.165, 1.54) is 12.1 Å². The number of esters is 1. The first-order valence-corrected chi connectivity index (χ1v) is 10.1. The second-order valence-electron chi connectivity index (χ2n) is 6.06. The van der Waals surface area contributed by atoms with Crippen molar-refractivity contribution in [2.45, 2.75) is 31.0 Å². The molecule has 0 spiro atoms. The van der Waals surface area contributed by atoms with Crippen molar-refractivity contribution in [2.24, 2.45) is 0 Å². The normalized spacial score (nSPS) is 19.3. The van der Waals surface area contributed by atoms with Gasteiger partial charge in [-0.15, -0.1) is 0 Å². The standard InChI is InChI=1S/C17H19ClN2O6S/c1-3-25-17(22)11-7-15(19-9(11)2)27(23,24)20-13-8-26-14-5-4-10(18)6-12(14)16(13)21/h4-7,13,16,19-21H,3,8H2,1-2H3. The number of ether oxygens (including phenoxy) is 2. The van der Waals surface area contributed by atoms with Crippen molar-refractivity contribution in [3.05, 3.63) is 46.1 Å². The topological polar surface area (TPSA) is 118 Å². The first-order chi connectivity index (χ1) is 12.7. The van der Waals surface area contributed by atoms with E-state index in [9.17, 15) is 18.3 Å². The van der Waals surface area contributed by atoms with Crippen molar-refractivity contribution in [3.8, 4) is 5.75 Å². The number of aliphatic hydroxyl groups is 1. The lowest BCUT2D eigenvalue weighted by molar-refractivity contribution is 0.0525. The van der Waals surface area contributed by atoms with Crippen LogP contribution in [0.4, 0.5) is 0 Å². The SMILES string of the molecule is CCOC(=O)c1cc(S(=O)(=O)NC2COc3ccc(Cl)cc3C2O)[nH]c1C. The maximum atomic E-state index is 12.7. The molecule has 2 aromatic rings.